The van der Waals surface area contributed by atoms with Gasteiger partial charge in [-0.2, -0.15) is 5.26 Å². The van der Waals surface area contributed by atoms with E-state index in [1.807, 2.05) is 26.8 Å². The second kappa shape index (κ2) is 5.25. The molecular formula is C14H13ClN4. The first-order valence-electron chi connectivity index (χ1n) is 5.80. The van der Waals surface area contributed by atoms with E-state index in [0.29, 0.717) is 16.5 Å². The molecule has 0 amide bonds. The normalized spacial score (nSPS) is 10.1. The van der Waals surface area contributed by atoms with Crippen LogP contribution in [0, 0.1) is 32.1 Å². The van der Waals surface area contributed by atoms with E-state index < -0.39 is 0 Å². The molecule has 5 heteroatoms. The number of nitriles is 1. The fraction of sp³-hybridized carbons (Fsp3) is 0.214. The zero-order chi connectivity index (χ0) is 14.0. The Balaban J connectivity index is 2.42. The fourth-order valence-electron chi connectivity index (χ4n) is 1.61. The minimum atomic E-state index is 0.324. The van der Waals surface area contributed by atoms with Crippen molar-refractivity contribution in [1.29, 1.82) is 5.26 Å². The number of hydrogen-bond acceptors (Lipinski definition) is 4. The summed E-state index contributed by atoms with van der Waals surface area (Å²) < 4.78 is 0. The van der Waals surface area contributed by atoms with Crippen molar-refractivity contribution in [3.63, 3.8) is 0 Å². The Bertz CT molecular complexity index is 674. The van der Waals surface area contributed by atoms with Crippen LogP contribution in [0.2, 0.25) is 5.15 Å². The molecule has 0 radical (unpaired) electrons. The number of aryl methyl sites for hydroxylation is 3. The van der Waals surface area contributed by atoms with Crippen LogP contribution in [-0.2, 0) is 0 Å². The van der Waals surface area contributed by atoms with E-state index in [-0.39, 0.29) is 0 Å². The molecule has 19 heavy (non-hydrogen) atoms. The van der Waals surface area contributed by atoms with Crippen molar-refractivity contribution in [3.05, 3.63) is 45.9 Å². The second-order valence-electron chi connectivity index (χ2n) is 4.30. The van der Waals surface area contributed by atoms with Crippen molar-refractivity contribution in [2.75, 3.05) is 5.32 Å². The standard InChI is InChI=1S/C14H13ClN4/c1-8-4-5-11(7-16)6-12(8)19-14-13(15)17-9(2)10(3)18-14/h4-6H,1-3H3,(H,18,19). The van der Waals surface area contributed by atoms with Crippen LogP contribution in [0.15, 0.2) is 18.2 Å². The van der Waals surface area contributed by atoms with Crippen molar-refractivity contribution >= 4 is 23.1 Å². The smallest absolute Gasteiger partial charge is 0.172 e. The predicted octanol–water partition coefficient (Wildman–Crippen LogP) is 3.67. The molecule has 0 saturated heterocycles. The van der Waals surface area contributed by atoms with Gasteiger partial charge in [0, 0.05) is 5.69 Å². The van der Waals surface area contributed by atoms with Crippen LogP contribution < -0.4 is 5.32 Å². The summed E-state index contributed by atoms with van der Waals surface area (Å²) >= 11 is 6.08. The maximum absolute atomic E-state index is 8.92. The van der Waals surface area contributed by atoms with Crippen molar-refractivity contribution in [2.45, 2.75) is 20.8 Å². The lowest BCUT2D eigenvalue weighted by molar-refractivity contribution is 1.05. The van der Waals surface area contributed by atoms with Crippen molar-refractivity contribution in [1.82, 2.24) is 9.97 Å². The van der Waals surface area contributed by atoms with E-state index >= 15 is 0 Å². The number of nitrogens with zero attached hydrogens (tertiary/aromatic N) is 3. The Labute approximate surface area is 117 Å². The first-order valence-corrected chi connectivity index (χ1v) is 6.17. The molecule has 2 rings (SSSR count). The third-order valence-corrected chi connectivity index (χ3v) is 3.15. The molecular weight excluding hydrogens is 260 g/mol. The molecule has 0 saturated carbocycles. The van der Waals surface area contributed by atoms with E-state index in [0.717, 1.165) is 22.6 Å². The number of benzene rings is 1. The number of halogens is 1. The highest BCUT2D eigenvalue weighted by molar-refractivity contribution is 6.31. The van der Waals surface area contributed by atoms with Gasteiger partial charge in [0.1, 0.15) is 0 Å². The van der Waals surface area contributed by atoms with Crippen LogP contribution in [0.25, 0.3) is 0 Å². The van der Waals surface area contributed by atoms with E-state index in [9.17, 15) is 0 Å². The van der Waals surface area contributed by atoms with E-state index in [2.05, 4.69) is 21.4 Å². The molecule has 1 N–H and O–H groups in total. The molecule has 1 aromatic carbocycles. The van der Waals surface area contributed by atoms with Gasteiger partial charge in [0.15, 0.2) is 11.0 Å². The van der Waals surface area contributed by atoms with Gasteiger partial charge in [-0.1, -0.05) is 17.7 Å². The topological polar surface area (TPSA) is 61.6 Å². The lowest BCUT2D eigenvalue weighted by Gasteiger charge is -2.11. The van der Waals surface area contributed by atoms with Gasteiger partial charge in [0.05, 0.1) is 23.0 Å². The molecule has 1 aromatic heterocycles. The fourth-order valence-corrected chi connectivity index (χ4v) is 1.83. The second-order valence-corrected chi connectivity index (χ2v) is 4.66. The van der Waals surface area contributed by atoms with Gasteiger partial charge >= 0.3 is 0 Å². The quantitative estimate of drug-likeness (QED) is 0.906. The van der Waals surface area contributed by atoms with Gasteiger partial charge in [0.25, 0.3) is 0 Å². The molecule has 0 aliphatic rings. The molecule has 4 nitrogen and oxygen atoms in total. The highest BCUT2D eigenvalue weighted by atomic mass is 35.5. The molecule has 0 atom stereocenters. The third-order valence-electron chi connectivity index (χ3n) is 2.88. The molecule has 2 aromatic rings. The average molecular weight is 273 g/mol. The number of anilines is 2. The Kier molecular flexibility index (Phi) is 3.68. The summed E-state index contributed by atoms with van der Waals surface area (Å²) in [6.07, 6.45) is 0. The summed E-state index contributed by atoms with van der Waals surface area (Å²) in [4.78, 5) is 8.59. The Morgan fingerprint density at radius 3 is 2.53 bits per heavy atom. The van der Waals surface area contributed by atoms with E-state index in [4.69, 9.17) is 16.9 Å². The Morgan fingerprint density at radius 1 is 1.16 bits per heavy atom. The average Bonchev–Trinajstić information content (AvgIpc) is 2.38. The van der Waals surface area contributed by atoms with Gasteiger partial charge in [-0.15, -0.1) is 0 Å². The molecule has 0 aliphatic carbocycles. The molecule has 96 valence electrons. The SMILES string of the molecule is Cc1ccc(C#N)cc1Nc1nc(C)c(C)nc1Cl. The number of rotatable bonds is 2. The summed E-state index contributed by atoms with van der Waals surface area (Å²) in [6.45, 7) is 5.69. The Hall–Kier alpha value is -2.12. The van der Waals surface area contributed by atoms with Gasteiger partial charge < -0.3 is 5.32 Å². The summed E-state index contributed by atoms with van der Waals surface area (Å²) in [5.74, 6) is 0.503. The van der Waals surface area contributed by atoms with E-state index in [1.165, 1.54) is 0 Å². The van der Waals surface area contributed by atoms with Crippen LogP contribution in [-0.4, -0.2) is 9.97 Å². The van der Waals surface area contributed by atoms with Gasteiger partial charge in [-0.25, -0.2) is 9.97 Å². The zero-order valence-electron chi connectivity index (χ0n) is 11.0. The largest absolute Gasteiger partial charge is 0.337 e. The summed E-state index contributed by atoms with van der Waals surface area (Å²) in [5.41, 5.74) is 4.02. The maximum atomic E-state index is 8.92. The van der Waals surface area contributed by atoms with Crippen LogP contribution in [0.5, 0.6) is 0 Å². The molecule has 0 bridgehead atoms. The lowest BCUT2D eigenvalue weighted by Crippen LogP contribution is -2.02. The monoisotopic (exact) mass is 272 g/mol. The minimum absolute atomic E-state index is 0.324. The predicted molar refractivity (Wildman–Crippen MR) is 75.7 cm³/mol. The molecule has 0 unspecified atom stereocenters. The first kappa shape index (κ1) is 13.3. The highest BCUT2D eigenvalue weighted by Gasteiger charge is 2.09. The number of hydrogen-bond donors (Lipinski definition) is 1. The summed E-state index contributed by atoms with van der Waals surface area (Å²) in [7, 11) is 0. The van der Waals surface area contributed by atoms with Gasteiger partial charge in [-0.3, -0.25) is 0 Å². The molecule has 1 heterocycles. The Morgan fingerprint density at radius 2 is 1.84 bits per heavy atom. The highest BCUT2D eigenvalue weighted by Crippen LogP contribution is 2.25. The van der Waals surface area contributed by atoms with Crippen molar-refractivity contribution < 1.29 is 0 Å². The van der Waals surface area contributed by atoms with E-state index in [1.54, 1.807) is 12.1 Å². The van der Waals surface area contributed by atoms with Crippen LogP contribution in [0.4, 0.5) is 11.5 Å². The number of aromatic nitrogens is 2. The zero-order valence-corrected chi connectivity index (χ0v) is 11.7. The van der Waals surface area contributed by atoms with Crippen molar-refractivity contribution in [2.24, 2.45) is 0 Å². The summed E-state index contributed by atoms with van der Waals surface area (Å²) in [6, 6.07) is 7.52. The van der Waals surface area contributed by atoms with Crippen LogP contribution in [0.1, 0.15) is 22.5 Å². The maximum Gasteiger partial charge on any atom is 0.172 e. The third kappa shape index (κ3) is 2.83. The molecule has 0 spiro atoms. The lowest BCUT2D eigenvalue weighted by atomic mass is 10.1. The summed E-state index contributed by atoms with van der Waals surface area (Å²) in [5, 5.41) is 12.4. The molecule has 0 aliphatic heterocycles. The van der Waals surface area contributed by atoms with Crippen LogP contribution >= 0.6 is 11.6 Å². The minimum Gasteiger partial charge on any atom is -0.337 e. The molecule has 0 fully saturated rings. The van der Waals surface area contributed by atoms with Crippen molar-refractivity contribution in [3.8, 4) is 6.07 Å². The van der Waals surface area contributed by atoms with Gasteiger partial charge in [-0.05, 0) is 38.5 Å². The van der Waals surface area contributed by atoms with Crippen LogP contribution in [0.3, 0.4) is 0 Å². The first-order chi connectivity index (χ1) is 9.01. The number of nitrogens with one attached hydrogen (secondary N) is 1. The van der Waals surface area contributed by atoms with Gasteiger partial charge in [0.2, 0.25) is 0 Å².